The van der Waals surface area contributed by atoms with Crippen LogP contribution in [0.3, 0.4) is 0 Å². The summed E-state index contributed by atoms with van der Waals surface area (Å²) >= 11 is 0. The second-order valence-electron chi connectivity index (χ2n) is 12.7. The summed E-state index contributed by atoms with van der Waals surface area (Å²) in [5.74, 6) is 0. The van der Waals surface area contributed by atoms with E-state index in [1.807, 2.05) is 6.07 Å². The van der Waals surface area contributed by atoms with Gasteiger partial charge in [0.2, 0.25) is 0 Å². The van der Waals surface area contributed by atoms with E-state index in [0.717, 1.165) is 33.1 Å². The first-order valence-electron chi connectivity index (χ1n) is 16.9. The van der Waals surface area contributed by atoms with Gasteiger partial charge in [0.1, 0.15) is 11.2 Å². The molecule has 1 nitrogen and oxygen atoms in total. The molecule has 0 bridgehead atoms. The summed E-state index contributed by atoms with van der Waals surface area (Å²) in [5, 5.41) is 9.65. The molecule has 9 aromatic carbocycles. The standard InChI is InChI=1S/C48H30O/c1-3-16-32(17-4-1)44-34-20-8-7-15-31(34)27-28-41(44)46-36-22-9-11-24-38(36)47(39-25-12-10-23-37(39)46)42-30-29-40-35-21-13-14-26-43(35)49-48(40)45(42)33-18-5-2-6-19-33/h1-30H. The van der Waals surface area contributed by atoms with E-state index in [4.69, 9.17) is 4.42 Å². The van der Waals surface area contributed by atoms with E-state index in [-0.39, 0.29) is 0 Å². The van der Waals surface area contributed by atoms with Crippen LogP contribution < -0.4 is 0 Å². The van der Waals surface area contributed by atoms with Crippen molar-refractivity contribution in [1.29, 1.82) is 0 Å². The van der Waals surface area contributed by atoms with E-state index < -0.39 is 0 Å². The maximum absolute atomic E-state index is 6.72. The van der Waals surface area contributed by atoms with E-state index in [9.17, 15) is 0 Å². The van der Waals surface area contributed by atoms with Gasteiger partial charge in [0.05, 0.1) is 0 Å². The first-order chi connectivity index (χ1) is 24.3. The molecule has 10 aromatic rings. The fourth-order valence-electron chi connectivity index (χ4n) is 7.99. The van der Waals surface area contributed by atoms with Gasteiger partial charge in [-0.15, -0.1) is 0 Å². The quantitative estimate of drug-likeness (QED) is 0.178. The molecular formula is C48H30O. The zero-order chi connectivity index (χ0) is 32.3. The minimum absolute atomic E-state index is 0.904. The molecule has 1 heteroatoms. The van der Waals surface area contributed by atoms with Gasteiger partial charge in [0.15, 0.2) is 0 Å². The predicted molar refractivity (Wildman–Crippen MR) is 208 cm³/mol. The van der Waals surface area contributed by atoms with Gasteiger partial charge in [-0.25, -0.2) is 0 Å². The van der Waals surface area contributed by atoms with Crippen LogP contribution in [0, 0.1) is 0 Å². The minimum atomic E-state index is 0.904. The fourth-order valence-corrected chi connectivity index (χ4v) is 7.99. The SMILES string of the molecule is c1ccc(-c2c(-c3c4ccccc4c(-c4ccc5c(oc6ccccc65)c4-c4ccccc4)c4ccccc34)ccc3ccccc23)cc1. The van der Waals surface area contributed by atoms with Crippen LogP contribution in [0.2, 0.25) is 0 Å². The molecule has 49 heavy (non-hydrogen) atoms. The summed E-state index contributed by atoms with van der Waals surface area (Å²) in [6.07, 6.45) is 0. The van der Waals surface area contributed by atoms with Crippen molar-refractivity contribution in [2.24, 2.45) is 0 Å². The maximum atomic E-state index is 6.72. The molecule has 228 valence electrons. The number of rotatable bonds is 4. The van der Waals surface area contributed by atoms with Crippen molar-refractivity contribution >= 4 is 54.3 Å². The van der Waals surface area contributed by atoms with Crippen molar-refractivity contribution in [2.75, 3.05) is 0 Å². The second kappa shape index (κ2) is 11.1. The minimum Gasteiger partial charge on any atom is -0.455 e. The highest BCUT2D eigenvalue weighted by Crippen LogP contribution is 2.50. The predicted octanol–water partition coefficient (Wildman–Crippen LogP) is 13.7. The highest BCUT2D eigenvalue weighted by Gasteiger charge is 2.24. The molecule has 0 aliphatic heterocycles. The molecule has 0 fully saturated rings. The lowest BCUT2D eigenvalue weighted by Crippen LogP contribution is -1.95. The van der Waals surface area contributed by atoms with Crippen molar-refractivity contribution in [3.05, 3.63) is 182 Å². The van der Waals surface area contributed by atoms with Gasteiger partial charge >= 0.3 is 0 Å². The monoisotopic (exact) mass is 622 g/mol. The van der Waals surface area contributed by atoms with Crippen molar-refractivity contribution in [3.63, 3.8) is 0 Å². The molecular weight excluding hydrogens is 593 g/mol. The summed E-state index contributed by atoms with van der Waals surface area (Å²) in [6, 6.07) is 65.7. The van der Waals surface area contributed by atoms with E-state index in [1.54, 1.807) is 0 Å². The summed E-state index contributed by atoms with van der Waals surface area (Å²) in [7, 11) is 0. The van der Waals surface area contributed by atoms with Gasteiger partial charge in [0.25, 0.3) is 0 Å². The number of hydrogen-bond donors (Lipinski definition) is 0. The van der Waals surface area contributed by atoms with Crippen LogP contribution in [-0.4, -0.2) is 0 Å². The average Bonchev–Trinajstić information content (AvgIpc) is 3.55. The lowest BCUT2D eigenvalue weighted by Gasteiger charge is -2.22. The van der Waals surface area contributed by atoms with Crippen LogP contribution in [0.15, 0.2) is 186 Å². The molecule has 0 radical (unpaired) electrons. The number of fused-ring (bicyclic) bond motifs is 6. The van der Waals surface area contributed by atoms with Gasteiger partial charge in [-0.3, -0.25) is 0 Å². The Labute approximate surface area is 284 Å². The third-order valence-electron chi connectivity index (χ3n) is 10.1. The smallest absolute Gasteiger partial charge is 0.143 e. The Balaban J connectivity index is 1.37. The van der Waals surface area contributed by atoms with Crippen LogP contribution >= 0.6 is 0 Å². The highest BCUT2D eigenvalue weighted by atomic mass is 16.3. The van der Waals surface area contributed by atoms with E-state index in [0.29, 0.717) is 0 Å². The summed E-state index contributed by atoms with van der Waals surface area (Å²) in [4.78, 5) is 0. The number of benzene rings is 9. The van der Waals surface area contributed by atoms with Crippen LogP contribution in [0.1, 0.15) is 0 Å². The zero-order valence-corrected chi connectivity index (χ0v) is 26.7. The van der Waals surface area contributed by atoms with E-state index in [2.05, 4.69) is 176 Å². The molecule has 0 aliphatic carbocycles. The molecule has 10 rings (SSSR count). The van der Waals surface area contributed by atoms with E-state index >= 15 is 0 Å². The molecule has 0 atom stereocenters. The van der Waals surface area contributed by atoms with Gasteiger partial charge in [-0.2, -0.15) is 0 Å². The summed E-state index contributed by atoms with van der Waals surface area (Å²) in [6.45, 7) is 0. The largest absolute Gasteiger partial charge is 0.455 e. The molecule has 0 saturated heterocycles. The van der Waals surface area contributed by atoms with Crippen molar-refractivity contribution in [3.8, 4) is 44.5 Å². The fraction of sp³-hybridized carbons (Fsp3) is 0. The maximum Gasteiger partial charge on any atom is 0.143 e. The Morgan fingerprint density at radius 3 is 1.33 bits per heavy atom. The lowest BCUT2D eigenvalue weighted by atomic mass is 9.81. The van der Waals surface area contributed by atoms with Gasteiger partial charge in [-0.1, -0.05) is 170 Å². The molecule has 1 heterocycles. The average molecular weight is 623 g/mol. The van der Waals surface area contributed by atoms with Gasteiger partial charge < -0.3 is 4.42 Å². The van der Waals surface area contributed by atoms with Crippen molar-refractivity contribution < 1.29 is 4.42 Å². The van der Waals surface area contributed by atoms with Crippen molar-refractivity contribution in [1.82, 2.24) is 0 Å². The van der Waals surface area contributed by atoms with Crippen molar-refractivity contribution in [2.45, 2.75) is 0 Å². The molecule has 0 spiro atoms. The Morgan fingerprint density at radius 2 is 0.714 bits per heavy atom. The molecule has 0 amide bonds. The highest BCUT2D eigenvalue weighted by molar-refractivity contribution is 6.26. The normalized spacial score (nSPS) is 11.7. The van der Waals surface area contributed by atoms with Crippen LogP contribution in [0.4, 0.5) is 0 Å². The second-order valence-corrected chi connectivity index (χ2v) is 12.7. The Hall–Kier alpha value is -6.44. The molecule has 0 aliphatic rings. The number of furan rings is 1. The van der Waals surface area contributed by atoms with Gasteiger partial charge in [-0.05, 0) is 83.4 Å². The Kier molecular flexibility index (Phi) is 6.25. The molecule has 0 saturated carbocycles. The Bertz CT molecular complexity index is 2800. The number of hydrogen-bond acceptors (Lipinski definition) is 1. The first kappa shape index (κ1) is 27.7. The van der Waals surface area contributed by atoms with Crippen LogP contribution in [0.5, 0.6) is 0 Å². The zero-order valence-electron chi connectivity index (χ0n) is 26.7. The summed E-state index contributed by atoms with van der Waals surface area (Å²) in [5.41, 5.74) is 11.4. The third-order valence-corrected chi connectivity index (χ3v) is 10.1. The third kappa shape index (κ3) is 4.26. The van der Waals surface area contributed by atoms with Gasteiger partial charge in [0, 0.05) is 16.3 Å². The summed E-state index contributed by atoms with van der Waals surface area (Å²) < 4.78 is 6.72. The topological polar surface area (TPSA) is 13.1 Å². The first-order valence-corrected chi connectivity index (χ1v) is 16.9. The molecule has 1 aromatic heterocycles. The molecule has 0 N–H and O–H groups in total. The van der Waals surface area contributed by atoms with Crippen LogP contribution in [0.25, 0.3) is 98.8 Å². The Morgan fingerprint density at radius 1 is 0.265 bits per heavy atom. The molecule has 0 unspecified atom stereocenters. The lowest BCUT2D eigenvalue weighted by molar-refractivity contribution is 0.670. The number of para-hydroxylation sites is 1. The van der Waals surface area contributed by atoms with Crippen LogP contribution in [-0.2, 0) is 0 Å². The van der Waals surface area contributed by atoms with E-state index in [1.165, 1.54) is 65.7 Å².